The molecule has 152 valence electrons. The molecule has 0 amide bonds. The molecule has 0 spiro atoms. The van der Waals surface area contributed by atoms with E-state index >= 15 is 0 Å². The lowest BCUT2D eigenvalue weighted by molar-refractivity contribution is -0.266. The fourth-order valence-corrected chi connectivity index (χ4v) is 3.38. The van der Waals surface area contributed by atoms with Gasteiger partial charge in [-0.2, -0.15) is 13.2 Å². The highest BCUT2D eigenvalue weighted by atomic mass is 19.4. The summed E-state index contributed by atoms with van der Waals surface area (Å²) in [6.07, 6.45) is -2.53. The van der Waals surface area contributed by atoms with Gasteiger partial charge in [-0.05, 0) is 54.2 Å². The maximum atomic E-state index is 13.8. The van der Waals surface area contributed by atoms with Crippen molar-refractivity contribution in [3.05, 3.63) is 65.1 Å². The molecular formula is C20H23F4N3O. The number of nitrogens with two attached hydrogens (primary N) is 1. The van der Waals surface area contributed by atoms with Crippen LogP contribution in [0.3, 0.4) is 0 Å². The summed E-state index contributed by atoms with van der Waals surface area (Å²) in [5, 5.41) is 10.6. The minimum atomic E-state index is -4.93. The van der Waals surface area contributed by atoms with Crippen LogP contribution in [0.2, 0.25) is 0 Å². The summed E-state index contributed by atoms with van der Waals surface area (Å²) in [6.45, 7) is 4.76. The minimum Gasteiger partial charge on any atom is -0.402 e. The Labute approximate surface area is 161 Å². The van der Waals surface area contributed by atoms with Gasteiger partial charge in [-0.15, -0.1) is 0 Å². The van der Waals surface area contributed by atoms with Crippen LogP contribution in [0.25, 0.3) is 6.08 Å². The maximum Gasteiger partial charge on any atom is 0.417 e. The van der Waals surface area contributed by atoms with Gasteiger partial charge in [0, 0.05) is 18.3 Å². The molecule has 1 heterocycles. The van der Waals surface area contributed by atoms with E-state index in [4.69, 9.17) is 5.73 Å². The van der Waals surface area contributed by atoms with E-state index in [0.717, 1.165) is 0 Å². The van der Waals surface area contributed by atoms with E-state index in [9.17, 15) is 22.7 Å². The Morgan fingerprint density at radius 2 is 1.89 bits per heavy atom. The fraction of sp³-hybridized carbons (Fsp3) is 0.400. The van der Waals surface area contributed by atoms with Crippen LogP contribution in [0.5, 0.6) is 0 Å². The molecule has 0 saturated carbocycles. The van der Waals surface area contributed by atoms with Gasteiger partial charge in [0.2, 0.25) is 0 Å². The lowest BCUT2D eigenvalue weighted by Crippen LogP contribution is -2.50. The Morgan fingerprint density at radius 1 is 1.21 bits per heavy atom. The van der Waals surface area contributed by atoms with Crippen LogP contribution in [-0.4, -0.2) is 26.9 Å². The fourth-order valence-electron chi connectivity index (χ4n) is 3.38. The zero-order valence-electron chi connectivity index (χ0n) is 15.9. The molecule has 0 aliphatic carbocycles. The zero-order chi connectivity index (χ0) is 21.2. The maximum absolute atomic E-state index is 13.8. The van der Waals surface area contributed by atoms with E-state index in [1.54, 1.807) is 6.92 Å². The number of alkyl halides is 3. The molecule has 0 bridgehead atoms. The van der Waals surface area contributed by atoms with Gasteiger partial charge >= 0.3 is 6.18 Å². The van der Waals surface area contributed by atoms with E-state index in [1.165, 1.54) is 56.7 Å². The third-order valence-corrected chi connectivity index (χ3v) is 4.63. The van der Waals surface area contributed by atoms with Crippen LogP contribution in [0.4, 0.5) is 17.6 Å². The molecule has 1 aromatic heterocycles. The number of benzene rings is 1. The minimum absolute atomic E-state index is 0.176. The topological polar surface area (TPSA) is 72.0 Å². The molecular weight excluding hydrogens is 374 g/mol. The van der Waals surface area contributed by atoms with Crippen molar-refractivity contribution in [3.8, 4) is 0 Å². The molecule has 1 unspecified atom stereocenters. The molecule has 0 radical (unpaired) electrons. The van der Waals surface area contributed by atoms with E-state index in [2.05, 4.69) is 9.97 Å². The van der Waals surface area contributed by atoms with Crippen LogP contribution in [-0.2, 0) is 5.41 Å². The van der Waals surface area contributed by atoms with E-state index in [1.807, 2.05) is 0 Å². The Bertz CT molecular complexity index is 850. The van der Waals surface area contributed by atoms with Gasteiger partial charge in [-0.3, -0.25) is 0 Å². The monoisotopic (exact) mass is 397 g/mol. The molecule has 1 aromatic carbocycles. The lowest BCUT2D eigenvalue weighted by Gasteiger charge is -2.38. The van der Waals surface area contributed by atoms with Gasteiger partial charge in [-0.1, -0.05) is 19.9 Å². The van der Waals surface area contributed by atoms with Gasteiger partial charge < -0.3 is 10.8 Å². The molecule has 0 aliphatic rings. The third-order valence-electron chi connectivity index (χ3n) is 4.63. The summed E-state index contributed by atoms with van der Waals surface area (Å²) in [6, 6.07) is 5.43. The van der Waals surface area contributed by atoms with Crippen LogP contribution in [0.1, 0.15) is 43.5 Å². The first-order valence-electron chi connectivity index (χ1n) is 8.62. The summed E-state index contributed by atoms with van der Waals surface area (Å²) in [4.78, 5) is 7.61. The molecule has 8 heteroatoms. The molecule has 4 nitrogen and oxygen atoms in total. The van der Waals surface area contributed by atoms with Crippen molar-refractivity contribution in [1.29, 1.82) is 0 Å². The summed E-state index contributed by atoms with van der Waals surface area (Å²) in [5.41, 5.74) is 2.72. The summed E-state index contributed by atoms with van der Waals surface area (Å²) >= 11 is 0. The lowest BCUT2D eigenvalue weighted by atomic mass is 9.72. The molecule has 28 heavy (non-hydrogen) atoms. The van der Waals surface area contributed by atoms with Crippen molar-refractivity contribution in [1.82, 2.24) is 9.97 Å². The number of hydrogen-bond donors (Lipinski definition) is 2. The first-order valence-corrected chi connectivity index (χ1v) is 8.62. The van der Waals surface area contributed by atoms with Crippen molar-refractivity contribution >= 4 is 6.08 Å². The number of aliphatic hydroxyl groups is 1. The number of aromatic nitrogens is 2. The van der Waals surface area contributed by atoms with E-state index in [0.29, 0.717) is 16.8 Å². The number of hydrogen-bond acceptors (Lipinski definition) is 4. The first kappa shape index (κ1) is 21.8. The average molecular weight is 397 g/mol. The molecule has 2 aromatic rings. The third kappa shape index (κ3) is 5.07. The van der Waals surface area contributed by atoms with E-state index < -0.39 is 35.9 Å². The van der Waals surface area contributed by atoms with Gasteiger partial charge in [0.05, 0.1) is 5.69 Å². The van der Waals surface area contributed by atoms with Crippen molar-refractivity contribution in [2.24, 2.45) is 5.73 Å². The van der Waals surface area contributed by atoms with Crippen molar-refractivity contribution in [2.75, 3.05) is 0 Å². The Morgan fingerprint density at radius 3 is 2.46 bits per heavy atom. The average Bonchev–Trinajstić information content (AvgIpc) is 2.56. The molecule has 1 atom stereocenters. The van der Waals surface area contributed by atoms with Crippen LogP contribution in [0.15, 0.2) is 42.5 Å². The number of rotatable bonds is 6. The van der Waals surface area contributed by atoms with Crippen molar-refractivity contribution in [2.45, 2.75) is 50.8 Å². The summed E-state index contributed by atoms with van der Waals surface area (Å²) in [7, 11) is 0. The quantitative estimate of drug-likeness (QED) is 0.714. The highest BCUT2D eigenvalue weighted by molar-refractivity contribution is 5.47. The van der Waals surface area contributed by atoms with Crippen molar-refractivity contribution < 1.29 is 22.7 Å². The highest BCUT2D eigenvalue weighted by Crippen LogP contribution is 2.44. The van der Waals surface area contributed by atoms with Gasteiger partial charge in [0.25, 0.3) is 0 Å². The number of halogens is 4. The van der Waals surface area contributed by atoms with Crippen LogP contribution < -0.4 is 5.73 Å². The second-order valence-electron chi connectivity index (χ2n) is 7.58. The standard InChI is InChI=1S/C20H23F4N3O/c1-13-4-5-14(21)8-17(13)18(2,3)11-19(28,20(22,23)24)10-15(25)9-16-6-7-26-12-27-16/h4-9,12,28H,10-11,25H2,1-3H3/b15-9-. The van der Waals surface area contributed by atoms with Crippen molar-refractivity contribution in [3.63, 3.8) is 0 Å². The molecule has 3 N–H and O–H groups in total. The van der Waals surface area contributed by atoms with Gasteiger partial charge in [-0.25, -0.2) is 14.4 Å². The number of aryl methyl sites for hydroxylation is 1. The largest absolute Gasteiger partial charge is 0.417 e. The predicted octanol–water partition coefficient (Wildman–Crippen LogP) is 4.28. The Hall–Kier alpha value is -2.48. The SMILES string of the molecule is Cc1ccc(F)cc1C(C)(C)CC(O)(C/C(N)=C/c1ccncn1)C(F)(F)F. The molecule has 2 rings (SSSR count). The van der Waals surface area contributed by atoms with Gasteiger partial charge in [0.15, 0.2) is 5.60 Å². The molecule has 0 fully saturated rings. The molecule has 0 saturated heterocycles. The van der Waals surface area contributed by atoms with Gasteiger partial charge in [0.1, 0.15) is 12.1 Å². The van der Waals surface area contributed by atoms with Crippen LogP contribution in [0, 0.1) is 12.7 Å². The van der Waals surface area contributed by atoms with Crippen LogP contribution >= 0.6 is 0 Å². The smallest absolute Gasteiger partial charge is 0.402 e. The normalized spacial score (nSPS) is 15.4. The Kier molecular flexibility index (Phi) is 6.13. The zero-order valence-corrected chi connectivity index (χ0v) is 15.9. The summed E-state index contributed by atoms with van der Waals surface area (Å²) in [5.74, 6) is -0.549. The van der Waals surface area contributed by atoms with E-state index in [-0.39, 0.29) is 5.70 Å². The first-order chi connectivity index (χ1) is 12.8. The second-order valence-corrected chi connectivity index (χ2v) is 7.58. The highest BCUT2D eigenvalue weighted by Gasteiger charge is 2.56. The number of nitrogens with zero attached hydrogens (tertiary/aromatic N) is 2. The Balaban J connectivity index is 2.37. The second kappa shape index (κ2) is 7.87. The predicted molar refractivity (Wildman–Crippen MR) is 98.6 cm³/mol. The summed E-state index contributed by atoms with van der Waals surface area (Å²) < 4.78 is 55.1. The molecule has 0 aliphatic heterocycles.